The first kappa shape index (κ1) is 17.1. The smallest absolute Gasteiger partial charge is 0.238 e. The molecule has 1 unspecified atom stereocenters. The van der Waals surface area contributed by atoms with Crippen LogP contribution in [-0.4, -0.2) is 25.0 Å². The van der Waals surface area contributed by atoms with E-state index in [0.717, 1.165) is 18.5 Å². The van der Waals surface area contributed by atoms with Gasteiger partial charge in [-0.05, 0) is 12.3 Å². The van der Waals surface area contributed by atoms with Gasteiger partial charge in [-0.2, -0.15) is 0 Å². The molecule has 0 aliphatic carbocycles. The van der Waals surface area contributed by atoms with Crippen molar-refractivity contribution in [2.45, 2.75) is 57.2 Å². The fraction of sp³-hybridized carbons (Fsp3) is 1.00. The normalized spacial score (nSPS) is 15.0. The van der Waals surface area contributed by atoms with E-state index in [1.165, 1.54) is 0 Å². The van der Waals surface area contributed by atoms with Crippen LogP contribution in [0.1, 0.15) is 32.6 Å². The Morgan fingerprint density at radius 2 is 1.65 bits per heavy atom. The number of halogens is 5. The molecule has 1 atom stereocenters. The lowest BCUT2D eigenvalue weighted by Crippen LogP contribution is -2.18. The first-order valence-electron chi connectivity index (χ1n) is 6.16. The van der Waals surface area contributed by atoms with Crippen LogP contribution in [0.2, 0.25) is 18.1 Å². The molecule has 0 aromatic carbocycles. The average Bonchev–Trinajstić information content (AvgIpc) is 2.12. The van der Waals surface area contributed by atoms with E-state index in [0.29, 0.717) is 12.8 Å². The minimum Gasteiger partial charge on any atom is -0.238 e. The third kappa shape index (κ3) is 14.0. The molecule has 0 heterocycles. The molecule has 0 aliphatic heterocycles. The molecule has 0 bridgehead atoms. The summed E-state index contributed by atoms with van der Waals surface area (Å²) in [4.78, 5) is 0. The summed E-state index contributed by atoms with van der Waals surface area (Å²) in [6, 6.07) is 1.34. The first-order chi connectivity index (χ1) is 7.81. The van der Waals surface area contributed by atoms with Crippen molar-refractivity contribution in [2.75, 3.05) is 0 Å². The summed E-state index contributed by atoms with van der Waals surface area (Å²) in [7, 11) is -5.71. The lowest BCUT2D eigenvalue weighted by molar-refractivity contribution is 0.134. The van der Waals surface area contributed by atoms with Crippen molar-refractivity contribution in [3.8, 4) is 0 Å². The summed E-state index contributed by atoms with van der Waals surface area (Å²) in [6.07, 6.45) is -0.222. The molecule has 0 aromatic rings. The fourth-order valence-electron chi connectivity index (χ4n) is 1.82. The number of hydrogen-bond acceptors (Lipinski definition) is 0. The second kappa shape index (κ2) is 9.07. The maximum absolute atomic E-state index is 12.1. The van der Waals surface area contributed by atoms with Crippen molar-refractivity contribution in [2.24, 2.45) is 5.92 Å². The maximum atomic E-state index is 12.1. The second-order valence-electron chi connectivity index (χ2n) is 4.66. The third-order valence-corrected chi connectivity index (χ3v) is 5.77. The summed E-state index contributed by atoms with van der Waals surface area (Å²) in [6.45, 7) is 1.66. The Balaban J connectivity index is 3.28. The molecule has 0 radical (unpaired) electrons. The highest BCUT2D eigenvalue weighted by Gasteiger charge is 2.37. The van der Waals surface area contributed by atoms with Crippen LogP contribution < -0.4 is 0 Å². The minimum absolute atomic E-state index is 0.0372. The maximum Gasteiger partial charge on any atom is 0.616 e. The molecule has 17 heavy (non-hydrogen) atoms. The SMILES string of the molecule is CC(CC[SiH2]CCCCC(F)F)C[Si](F)(F)F. The highest BCUT2D eigenvalue weighted by molar-refractivity contribution is 6.58. The molecule has 0 aromatic heterocycles. The molecule has 0 amide bonds. The zero-order chi connectivity index (χ0) is 13.3. The standard InChI is InChI=1S/C10H21F5Si2/c1-9(8-17(13,14)15)5-7-16-6-3-2-4-10(11)12/h9-10H,2-8,16H2,1H3. The zero-order valence-corrected chi connectivity index (χ0v) is 12.6. The second-order valence-corrected chi connectivity index (χ2v) is 8.42. The van der Waals surface area contributed by atoms with E-state index < -0.39 is 21.5 Å². The van der Waals surface area contributed by atoms with Crippen LogP contribution in [0.25, 0.3) is 0 Å². The van der Waals surface area contributed by atoms with E-state index in [1.54, 1.807) is 6.92 Å². The molecule has 0 aliphatic rings. The Hall–Kier alpha value is 0.0838. The van der Waals surface area contributed by atoms with Gasteiger partial charge < -0.3 is 0 Å². The van der Waals surface area contributed by atoms with Gasteiger partial charge in [0, 0.05) is 22.0 Å². The van der Waals surface area contributed by atoms with Gasteiger partial charge in [0.15, 0.2) is 0 Å². The van der Waals surface area contributed by atoms with E-state index in [-0.39, 0.29) is 21.9 Å². The lowest BCUT2D eigenvalue weighted by atomic mass is 10.2. The summed E-state index contributed by atoms with van der Waals surface area (Å²) < 4.78 is 60.0. The van der Waals surface area contributed by atoms with Gasteiger partial charge in [0.2, 0.25) is 6.43 Å². The topological polar surface area (TPSA) is 0 Å². The van der Waals surface area contributed by atoms with Gasteiger partial charge in [-0.25, -0.2) is 21.1 Å². The van der Waals surface area contributed by atoms with E-state index in [4.69, 9.17) is 0 Å². The van der Waals surface area contributed by atoms with Gasteiger partial charge in [0.05, 0.1) is 0 Å². The predicted octanol–water partition coefficient (Wildman–Crippen LogP) is 4.30. The lowest BCUT2D eigenvalue weighted by Gasteiger charge is -2.11. The van der Waals surface area contributed by atoms with Gasteiger partial charge >= 0.3 is 9.08 Å². The van der Waals surface area contributed by atoms with E-state index in [2.05, 4.69) is 0 Å². The van der Waals surface area contributed by atoms with E-state index in [1.807, 2.05) is 0 Å². The van der Waals surface area contributed by atoms with Crippen LogP contribution in [0.4, 0.5) is 21.1 Å². The summed E-state index contributed by atoms with van der Waals surface area (Å²) in [5, 5.41) is 0. The van der Waals surface area contributed by atoms with E-state index in [9.17, 15) is 21.1 Å². The molecule has 0 nitrogen and oxygen atoms in total. The quantitative estimate of drug-likeness (QED) is 0.244. The highest BCUT2D eigenvalue weighted by atomic mass is 28.5. The molecule has 0 saturated carbocycles. The van der Waals surface area contributed by atoms with Crippen molar-refractivity contribution >= 4 is 18.6 Å². The minimum atomic E-state index is -5.38. The third-order valence-electron chi connectivity index (χ3n) is 2.70. The molecule has 104 valence electrons. The van der Waals surface area contributed by atoms with Gasteiger partial charge in [0.1, 0.15) is 0 Å². The molecular formula is C10H21F5Si2. The first-order valence-corrected chi connectivity index (χ1v) is 10.0. The Morgan fingerprint density at radius 3 is 2.18 bits per heavy atom. The van der Waals surface area contributed by atoms with Gasteiger partial charge in [-0.3, -0.25) is 0 Å². The Labute approximate surface area is 103 Å². The molecule has 0 saturated heterocycles. The molecule has 0 N–H and O–H groups in total. The van der Waals surface area contributed by atoms with Gasteiger partial charge in [0.25, 0.3) is 0 Å². The molecule has 0 fully saturated rings. The van der Waals surface area contributed by atoms with Gasteiger partial charge in [-0.1, -0.05) is 31.9 Å². The highest BCUT2D eigenvalue weighted by Crippen LogP contribution is 2.24. The van der Waals surface area contributed by atoms with Crippen LogP contribution in [-0.2, 0) is 0 Å². The Kier molecular flexibility index (Phi) is 9.12. The van der Waals surface area contributed by atoms with Crippen LogP contribution in [0.3, 0.4) is 0 Å². The van der Waals surface area contributed by atoms with Crippen LogP contribution in [0.5, 0.6) is 0 Å². The number of alkyl halides is 2. The van der Waals surface area contributed by atoms with Crippen molar-refractivity contribution < 1.29 is 21.1 Å². The van der Waals surface area contributed by atoms with Crippen LogP contribution in [0.15, 0.2) is 0 Å². The molecular weight excluding hydrogens is 271 g/mol. The van der Waals surface area contributed by atoms with E-state index >= 15 is 0 Å². The Bertz CT molecular complexity index is 184. The summed E-state index contributed by atoms with van der Waals surface area (Å²) >= 11 is 0. The average molecular weight is 292 g/mol. The summed E-state index contributed by atoms with van der Waals surface area (Å²) in [5.74, 6) is -0.241. The largest absolute Gasteiger partial charge is 0.616 e. The predicted molar refractivity (Wildman–Crippen MR) is 65.7 cm³/mol. The number of unbranched alkanes of at least 4 members (excludes halogenated alkanes) is 1. The van der Waals surface area contributed by atoms with Crippen molar-refractivity contribution in [3.05, 3.63) is 0 Å². The number of hydrogen-bond donors (Lipinski definition) is 0. The zero-order valence-electron chi connectivity index (χ0n) is 10.2. The summed E-state index contributed by atoms with van der Waals surface area (Å²) in [5.41, 5.74) is 0. The fourth-order valence-corrected chi connectivity index (χ4v) is 4.86. The molecule has 0 spiro atoms. The number of rotatable bonds is 10. The van der Waals surface area contributed by atoms with Crippen molar-refractivity contribution in [1.82, 2.24) is 0 Å². The van der Waals surface area contributed by atoms with Gasteiger partial charge in [-0.15, -0.1) is 0 Å². The monoisotopic (exact) mass is 292 g/mol. The van der Waals surface area contributed by atoms with Crippen molar-refractivity contribution in [1.29, 1.82) is 0 Å². The van der Waals surface area contributed by atoms with Crippen LogP contribution in [0, 0.1) is 5.92 Å². The molecule has 0 rings (SSSR count). The molecule has 7 heteroatoms. The van der Waals surface area contributed by atoms with Crippen LogP contribution >= 0.6 is 0 Å². The Morgan fingerprint density at radius 1 is 1.00 bits per heavy atom. The van der Waals surface area contributed by atoms with Crippen molar-refractivity contribution in [3.63, 3.8) is 0 Å².